The first-order valence-corrected chi connectivity index (χ1v) is 12.6. The van der Waals surface area contributed by atoms with Gasteiger partial charge in [-0.2, -0.15) is 0 Å². The van der Waals surface area contributed by atoms with Gasteiger partial charge in [-0.25, -0.2) is 4.39 Å². The van der Waals surface area contributed by atoms with E-state index in [9.17, 15) is 14.3 Å². The van der Waals surface area contributed by atoms with Crippen LogP contribution in [-0.2, 0) is 13.1 Å². The van der Waals surface area contributed by atoms with Crippen LogP contribution in [0.3, 0.4) is 0 Å². The second-order valence-electron chi connectivity index (χ2n) is 9.48. The zero-order valence-corrected chi connectivity index (χ0v) is 20.7. The lowest BCUT2D eigenvalue weighted by Gasteiger charge is -2.36. The third-order valence-corrected chi connectivity index (χ3v) is 7.31. The number of benzene rings is 3. The maximum atomic E-state index is 14.2. The fraction of sp³-hybridized carbons (Fsp3) is 0.233. The zero-order chi connectivity index (χ0) is 25.5. The highest BCUT2D eigenvalue weighted by Gasteiger charge is 2.32. The molecular weight excluding hydrogens is 469 g/mol. The molecule has 0 atom stereocenters. The summed E-state index contributed by atoms with van der Waals surface area (Å²) in [7, 11) is 0. The first kappa shape index (κ1) is 23.3. The molecule has 1 fully saturated rings. The smallest absolute Gasteiger partial charge is 0.231 e. The van der Waals surface area contributed by atoms with Crippen molar-refractivity contribution >= 4 is 28.4 Å². The van der Waals surface area contributed by atoms with Crippen molar-refractivity contribution in [2.75, 3.05) is 31.1 Å². The summed E-state index contributed by atoms with van der Waals surface area (Å²) >= 11 is 0. The van der Waals surface area contributed by atoms with Gasteiger partial charge in [0.2, 0.25) is 5.78 Å². The van der Waals surface area contributed by atoms with Crippen molar-refractivity contribution in [1.29, 1.82) is 0 Å². The number of allylic oxidation sites excluding steroid dienone is 1. The topological polar surface area (TPSA) is 57.9 Å². The first-order valence-electron chi connectivity index (χ1n) is 12.6. The molecular formula is C30H28FN3O3. The van der Waals surface area contributed by atoms with E-state index in [0.29, 0.717) is 55.3 Å². The van der Waals surface area contributed by atoms with E-state index in [1.54, 1.807) is 30.3 Å². The molecule has 4 aromatic rings. The minimum atomic E-state index is -0.220. The molecule has 0 spiro atoms. The number of phenolic OH excluding ortho intramolecular Hbond substituents is 1. The summed E-state index contributed by atoms with van der Waals surface area (Å²) in [4.78, 5) is 17.5. The number of rotatable bonds is 5. The molecule has 7 heteroatoms. The van der Waals surface area contributed by atoms with E-state index in [1.165, 1.54) is 6.07 Å². The van der Waals surface area contributed by atoms with Gasteiger partial charge in [-0.1, -0.05) is 30.3 Å². The number of Topliss-reactive ketones (excluding diaryl/α,β-unsaturated/α-hetero) is 1. The van der Waals surface area contributed by atoms with Gasteiger partial charge < -0.3 is 19.3 Å². The van der Waals surface area contributed by atoms with Crippen molar-refractivity contribution in [3.8, 4) is 11.5 Å². The number of para-hydroxylation sites is 2. The Morgan fingerprint density at radius 3 is 2.54 bits per heavy atom. The summed E-state index contributed by atoms with van der Waals surface area (Å²) in [6, 6.07) is 18.1. The first-order chi connectivity index (χ1) is 18.0. The third-order valence-electron chi connectivity index (χ3n) is 7.31. The number of hydrogen-bond acceptors (Lipinski definition) is 5. The van der Waals surface area contributed by atoms with Crippen LogP contribution in [0.5, 0.6) is 11.5 Å². The second-order valence-corrected chi connectivity index (χ2v) is 9.48. The van der Waals surface area contributed by atoms with Crippen LogP contribution < -0.4 is 9.64 Å². The number of phenols is 1. The highest BCUT2D eigenvalue weighted by molar-refractivity contribution is 6.15. The van der Waals surface area contributed by atoms with E-state index in [-0.39, 0.29) is 23.1 Å². The number of carbonyl (C=O) groups is 1. The number of fused-ring (bicyclic) bond motifs is 2. The number of halogens is 1. The summed E-state index contributed by atoms with van der Waals surface area (Å²) in [5.74, 6) is 0.376. The Morgan fingerprint density at radius 2 is 1.76 bits per heavy atom. The quantitative estimate of drug-likeness (QED) is 0.372. The molecule has 0 saturated carbocycles. The van der Waals surface area contributed by atoms with E-state index in [4.69, 9.17) is 4.74 Å². The lowest BCUT2D eigenvalue weighted by atomic mass is 10.0. The van der Waals surface area contributed by atoms with E-state index in [2.05, 4.69) is 22.5 Å². The Balaban J connectivity index is 1.24. The van der Waals surface area contributed by atoms with E-state index >= 15 is 0 Å². The molecule has 0 unspecified atom stereocenters. The van der Waals surface area contributed by atoms with Crippen LogP contribution in [0.25, 0.3) is 17.0 Å². The van der Waals surface area contributed by atoms with Gasteiger partial charge in [-0.05, 0) is 43.3 Å². The minimum absolute atomic E-state index is 0.104. The number of anilines is 1. The molecule has 1 aromatic heterocycles. The second kappa shape index (κ2) is 9.41. The number of aromatic hydroxyl groups is 1. The van der Waals surface area contributed by atoms with Crippen LogP contribution in [0.4, 0.5) is 10.1 Å². The van der Waals surface area contributed by atoms with E-state index < -0.39 is 0 Å². The predicted molar refractivity (Wildman–Crippen MR) is 143 cm³/mol. The van der Waals surface area contributed by atoms with Crippen molar-refractivity contribution < 1.29 is 19.0 Å². The van der Waals surface area contributed by atoms with Gasteiger partial charge in [0.15, 0.2) is 5.76 Å². The normalized spacial score (nSPS) is 17.0. The largest absolute Gasteiger partial charge is 0.507 e. The molecule has 0 aliphatic carbocycles. The Labute approximate surface area is 214 Å². The summed E-state index contributed by atoms with van der Waals surface area (Å²) in [6.45, 7) is 6.08. The Morgan fingerprint density at radius 1 is 1.00 bits per heavy atom. The van der Waals surface area contributed by atoms with E-state index in [0.717, 1.165) is 23.0 Å². The molecule has 1 N–H and O–H groups in total. The average molecular weight is 498 g/mol. The van der Waals surface area contributed by atoms with Gasteiger partial charge >= 0.3 is 0 Å². The fourth-order valence-electron chi connectivity index (χ4n) is 5.32. The molecule has 1 saturated heterocycles. The van der Waals surface area contributed by atoms with Gasteiger partial charge in [0.25, 0.3) is 0 Å². The summed E-state index contributed by atoms with van der Waals surface area (Å²) in [5, 5.41) is 11.8. The van der Waals surface area contributed by atoms with Gasteiger partial charge in [0.1, 0.15) is 17.3 Å². The summed E-state index contributed by atoms with van der Waals surface area (Å²) < 4.78 is 22.5. The SMILES string of the molecule is CCn1cc(/C=C2/Oc3c(ccc(O)c3CN3CCN(c4ccccc4F)CC3)C2=O)c2ccccc21. The minimum Gasteiger partial charge on any atom is -0.507 e. The molecule has 2 aliphatic rings. The number of aryl methyl sites for hydroxylation is 1. The van der Waals surface area contributed by atoms with Crippen LogP contribution in [0.15, 0.2) is 72.6 Å². The lowest BCUT2D eigenvalue weighted by molar-refractivity contribution is 0.101. The van der Waals surface area contributed by atoms with Crippen molar-refractivity contribution in [3.63, 3.8) is 0 Å². The average Bonchev–Trinajstić information content (AvgIpc) is 3.44. The monoisotopic (exact) mass is 497 g/mol. The molecule has 0 amide bonds. The Hall–Kier alpha value is -4.10. The molecule has 2 aliphatic heterocycles. The van der Waals surface area contributed by atoms with Crippen LogP contribution in [-0.4, -0.2) is 46.5 Å². The number of hydrogen-bond donors (Lipinski definition) is 1. The van der Waals surface area contributed by atoms with Crippen molar-refractivity contribution in [1.82, 2.24) is 9.47 Å². The maximum Gasteiger partial charge on any atom is 0.231 e. The number of aromatic nitrogens is 1. The number of carbonyl (C=O) groups excluding carboxylic acids is 1. The third kappa shape index (κ3) is 4.15. The molecule has 0 radical (unpaired) electrons. The molecule has 3 heterocycles. The van der Waals surface area contributed by atoms with Crippen LogP contribution in [0, 0.1) is 5.82 Å². The molecule has 3 aromatic carbocycles. The van der Waals surface area contributed by atoms with Gasteiger partial charge in [0.05, 0.1) is 16.8 Å². The molecule has 0 bridgehead atoms. The predicted octanol–water partition coefficient (Wildman–Crippen LogP) is 5.44. The zero-order valence-electron chi connectivity index (χ0n) is 20.7. The summed E-state index contributed by atoms with van der Waals surface area (Å²) in [6.07, 6.45) is 3.83. The molecule has 6 rings (SSSR count). The van der Waals surface area contributed by atoms with Gasteiger partial charge in [-0.15, -0.1) is 0 Å². The molecule has 188 valence electrons. The van der Waals surface area contributed by atoms with Crippen LogP contribution in [0.1, 0.15) is 28.4 Å². The molecule has 37 heavy (non-hydrogen) atoms. The number of piperazine rings is 1. The lowest BCUT2D eigenvalue weighted by Crippen LogP contribution is -2.46. The van der Waals surface area contributed by atoms with Crippen molar-refractivity contribution in [2.24, 2.45) is 0 Å². The number of ether oxygens (including phenoxy) is 1. The van der Waals surface area contributed by atoms with Crippen molar-refractivity contribution in [2.45, 2.75) is 20.0 Å². The van der Waals surface area contributed by atoms with Crippen LogP contribution in [0.2, 0.25) is 0 Å². The van der Waals surface area contributed by atoms with Crippen molar-refractivity contribution in [3.05, 3.63) is 95.1 Å². The molecule has 6 nitrogen and oxygen atoms in total. The summed E-state index contributed by atoms with van der Waals surface area (Å²) in [5.41, 5.74) is 3.70. The fourth-order valence-corrected chi connectivity index (χ4v) is 5.32. The van der Waals surface area contributed by atoms with Crippen LogP contribution >= 0.6 is 0 Å². The Bertz CT molecular complexity index is 1530. The highest BCUT2D eigenvalue weighted by atomic mass is 19.1. The van der Waals surface area contributed by atoms with Gasteiger partial charge in [0, 0.05) is 61.9 Å². The number of nitrogens with zero attached hydrogens (tertiary/aromatic N) is 3. The van der Waals surface area contributed by atoms with Gasteiger partial charge in [-0.3, -0.25) is 9.69 Å². The highest BCUT2D eigenvalue weighted by Crippen LogP contribution is 2.40. The maximum absolute atomic E-state index is 14.2. The number of ketones is 1. The Kier molecular flexibility index (Phi) is 5.93. The van der Waals surface area contributed by atoms with E-state index in [1.807, 2.05) is 35.4 Å². The standard InChI is InChI=1S/C30H28FN3O3/c1-2-33-18-20(21-7-3-5-9-25(21)33)17-28-29(36)22-11-12-27(35)23(30(22)37-28)19-32-13-15-34(16-14-32)26-10-6-4-8-24(26)31/h3-12,17-18,35H,2,13-16,19H2,1H3/b28-17+.